The van der Waals surface area contributed by atoms with Gasteiger partial charge in [0.2, 0.25) is 0 Å². The van der Waals surface area contributed by atoms with Gasteiger partial charge in [-0.2, -0.15) is 0 Å². The summed E-state index contributed by atoms with van der Waals surface area (Å²) in [5, 5.41) is 5.95. The number of hydrogen-bond acceptors (Lipinski definition) is 3. The Morgan fingerprint density at radius 1 is 0.900 bits per heavy atom. The first-order valence-electron chi connectivity index (χ1n) is 9.34. The Morgan fingerprint density at radius 2 is 1.50 bits per heavy atom. The third-order valence-electron chi connectivity index (χ3n) is 4.38. The van der Waals surface area contributed by atoms with Crippen molar-refractivity contribution >= 4 is 52.1 Å². The maximum absolute atomic E-state index is 13.2. The first kappa shape index (κ1) is 21.5. The lowest BCUT2D eigenvalue weighted by molar-refractivity contribution is 0.0974. The molecule has 0 heterocycles. The fourth-order valence-corrected chi connectivity index (χ4v) is 3.37. The van der Waals surface area contributed by atoms with E-state index in [4.69, 9.17) is 23.8 Å². The van der Waals surface area contributed by atoms with Gasteiger partial charge in [0.1, 0.15) is 0 Å². The fourth-order valence-electron chi connectivity index (χ4n) is 2.94. The zero-order valence-electron chi connectivity index (χ0n) is 16.3. The van der Waals surface area contributed by atoms with Crippen molar-refractivity contribution in [1.82, 2.24) is 5.32 Å². The predicted molar refractivity (Wildman–Crippen MR) is 125 cm³/mol. The molecule has 0 saturated carbocycles. The van der Waals surface area contributed by atoms with Gasteiger partial charge in [0, 0.05) is 12.2 Å². The molecule has 3 aromatic carbocycles. The molecule has 0 unspecified atom stereocenters. The summed E-state index contributed by atoms with van der Waals surface area (Å²) < 4.78 is 0. The van der Waals surface area contributed by atoms with Gasteiger partial charge in [0.05, 0.1) is 21.8 Å². The molecule has 3 rings (SSSR count). The Balaban J connectivity index is 1.78. The van der Waals surface area contributed by atoms with Crippen molar-refractivity contribution < 1.29 is 9.59 Å². The summed E-state index contributed by atoms with van der Waals surface area (Å²) in [6.07, 6.45) is 0. The number of carbonyl (C=O) groups is 2. The largest absolute Gasteiger partial charge is 0.332 e. The van der Waals surface area contributed by atoms with Crippen LogP contribution in [0, 0.1) is 0 Å². The van der Waals surface area contributed by atoms with Crippen molar-refractivity contribution in [2.75, 3.05) is 16.8 Å². The lowest BCUT2D eigenvalue weighted by Crippen LogP contribution is -2.36. The number of anilines is 2. The molecule has 0 saturated heterocycles. The summed E-state index contributed by atoms with van der Waals surface area (Å²) >= 11 is 11.3. The van der Waals surface area contributed by atoms with Crippen molar-refractivity contribution in [3.8, 4) is 0 Å². The topological polar surface area (TPSA) is 61.4 Å². The Labute approximate surface area is 185 Å². The second kappa shape index (κ2) is 10.0. The normalized spacial score (nSPS) is 10.2. The first-order valence-corrected chi connectivity index (χ1v) is 10.1. The molecular formula is C23H20ClN3O2S. The van der Waals surface area contributed by atoms with Crippen molar-refractivity contribution in [2.24, 2.45) is 0 Å². The average molecular weight is 438 g/mol. The van der Waals surface area contributed by atoms with Gasteiger partial charge in [-0.25, -0.2) is 0 Å². The third-order valence-corrected chi connectivity index (χ3v) is 4.91. The van der Waals surface area contributed by atoms with Crippen LogP contribution >= 0.6 is 23.8 Å². The summed E-state index contributed by atoms with van der Waals surface area (Å²) in [4.78, 5) is 27.3. The Hall–Kier alpha value is -3.22. The quantitative estimate of drug-likeness (QED) is 0.543. The molecule has 0 atom stereocenters. The van der Waals surface area contributed by atoms with Gasteiger partial charge in [0.25, 0.3) is 11.8 Å². The van der Waals surface area contributed by atoms with E-state index in [1.54, 1.807) is 53.4 Å². The van der Waals surface area contributed by atoms with Crippen LogP contribution in [0.3, 0.4) is 0 Å². The van der Waals surface area contributed by atoms with Crippen LogP contribution in [0.25, 0.3) is 0 Å². The highest BCUT2D eigenvalue weighted by molar-refractivity contribution is 7.80. The minimum absolute atomic E-state index is 0.0722. The van der Waals surface area contributed by atoms with Gasteiger partial charge < -0.3 is 10.2 Å². The number of amides is 2. The molecule has 0 spiro atoms. The van der Waals surface area contributed by atoms with Gasteiger partial charge in [-0.1, -0.05) is 54.1 Å². The minimum atomic E-state index is -0.429. The van der Waals surface area contributed by atoms with Gasteiger partial charge >= 0.3 is 0 Å². The molecule has 0 aliphatic rings. The van der Waals surface area contributed by atoms with Gasteiger partial charge in [-0.3, -0.25) is 14.9 Å². The van der Waals surface area contributed by atoms with Crippen LogP contribution in [0.2, 0.25) is 5.02 Å². The molecule has 2 amide bonds. The lowest BCUT2D eigenvalue weighted by atomic mass is 10.1. The Morgan fingerprint density at radius 3 is 2.17 bits per heavy atom. The van der Waals surface area contributed by atoms with E-state index in [2.05, 4.69) is 10.6 Å². The second-order valence-electron chi connectivity index (χ2n) is 6.32. The number of para-hydroxylation sites is 2. The van der Waals surface area contributed by atoms with Crippen LogP contribution < -0.4 is 15.5 Å². The van der Waals surface area contributed by atoms with Crippen LogP contribution in [0.4, 0.5) is 11.4 Å². The first-order chi connectivity index (χ1) is 14.5. The van der Waals surface area contributed by atoms with E-state index in [0.717, 1.165) is 5.69 Å². The molecule has 7 heteroatoms. The van der Waals surface area contributed by atoms with Gasteiger partial charge in [-0.15, -0.1) is 0 Å². The van der Waals surface area contributed by atoms with Crippen LogP contribution in [0.5, 0.6) is 0 Å². The predicted octanol–water partition coefficient (Wildman–Crippen LogP) is 5.13. The van der Waals surface area contributed by atoms with Gasteiger partial charge in [0.15, 0.2) is 5.11 Å². The van der Waals surface area contributed by atoms with E-state index < -0.39 is 5.91 Å². The second-order valence-corrected chi connectivity index (χ2v) is 7.13. The monoisotopic (exact) mass is 437 g/mol. The van der Waals surface area contributed by atoms with Crippen molar-refractivity contribution in [2.45, 2.75) is 6.92 Å². The molecule has 0 bridgehead atoms. The van der Waals surface area contributed by atoms with Crippen LogP contribution in [-0.2, 0) is 0 Å². The molecule has 2 N–H and O–H groups in total. The highest BCUT2D eigenvalue weighted by atomic mass is 35.5. The van der Waals surface area contributed by atoms with Crippen LogP contribution in [-0.4, -0.2) is 23.5 Å². The molecule has 0 radical (unpaired) electrons. The smallest absolute Gasteiger partial charge is 0.260 e. The number of thiocarbonyl (C=S) groups is 1. The number of nitrogens with zero attached hydrogens (tertiary/aromatic N) is 1. The molecule has 30 heavy (non-hydrogen) atoms. The molecule has 152 valence electrons. The van der Waals surface area contributed by atoms with E-state index in [-0.39, 0.29) is 11.0 Å². The van der Waals surface area contributed by atoms with E-state index >= 15 is 0 Å². The molecule has 0 aliphatic heterocycles. The maximum Gasteiger partial charge on any atom is 0.260 e. The average Bonchev–Trinajstić information content (AvgIpc) is 2.75. The number of carbonyl (C=O) groups excluding carboxylic acids is 2. The van der Waals surface area contributed by atoms with E-state index in [1.807, 2.05) is 37.3 Å². The zero-order chi connectivity index (χ0) is 21.5. The van der Waals surface area contributed by atoms with E-state index in [1.165, 1.54) is 0 Å². The summed E-state index contributed by atoms with van der Waals surface area (Å²) in [6.45, 7) is 2.42. The SMILES string of the molecule is CCN(C(=O)c1ccccc1NC(=S)NC(=O)c1ccccc1Cl)c1ccccc1. The lowest BCUT2D eigenvalue weighted by Gasteiger charge is -2.23. The number of nitrogens with one attached hydrogen (secondary N) is 2. The number of hydrogen-bond donors (Lipinski definition) is 2. The summed E-state index contributed by atoms with van der Waals surface area (Å²) in [5.74, 6) is -0.603. The van der Waals surface area contributed by atoms with Crippen molar-refractivity contribution in [3.05, 3.63) is 95.0 Å². The standard InChI is InChI=1S/C23H20ClN3O2S/c1-2-27(16-10-4-3-5-11-16)22(29)18-13-7-9-15-20(18)25-23(30)26-21(28)17-12-6-8-14-19(17)24/h3-15H,2H2,1H3,(H2,25,26,28,30). The molecule has 3 aromatic rings. The zero-order valence-corrected chi connectivity index (χ0v) is 17.8. The van der Waals surface area contributed by atoms with Crippen molar-refractivity contribution in [1.29, 1.82) is 0 Å². The minimum Gasteiger partial charge on any atom is -0.332 e. The van der Waals surface area contributed by atoms with Gasteiger partial charge in [-0.05, 0) is 55.5 Å². The van der Waals surface area contributed by atoms with E-state index in [9.17, 15) is 9.59 Å². The highest BCUT2D eigenvalue weighted by Crippen LogP contribution is 2.22. The Bertz CT molecular complexity index is 1070. The fraction of sp³-hybridized carbons (Fsp3) is 0.0870. The Kier molecular flexibility index (Phi) is 7.17. The third kappa shape index (κ3) is 5.03. The molecule has 5 nitrogen and oxygen atoms in total. The maximum atomic E-state index is 13.2. The number of benzene rings is 3. The van der Waals surface area contributed by atoms with Crippen LogP contribution in [0.1, 0.15) is 27.6 Å². The highest BCUT2D eigenvalue weighted by Gasteiger charge is 2.20. The molecule has 0 aromatic heterocycles. The summed E-state index contributed by atoms with van der Waals surface area (Å²) in [7, 11) is 0. The molecule has 0 fully saturated rings. The van der Waals surface area contributed by atoms with Crippen molar-refractivity contribution in [3.63, 3.8) is 0 Å². The summed E-state index contributed by atoms with van der Waals surface area (Å²) in [6, 6.07) is 23.1. The van der Waals surface area contributed by atoms with Crippen LogP contribution in [0.15, 0.2) is 78.9 Å². The summed E-state index contributed by atoms with van der Waals surface area (Å²) in [5.41, 5.74) is 2.06. The number of halogens is 1. The number of rotatable bonds is 5. The van der Waals surface area contributed by atoms with E-state index in [0.29, 0.717) is 28.4 Å². The molecule has 0 aliphatic carbocycles. The molecular weight excluding hydrogens is 418 g/mol.